The zero-order chi connectivity index (χ0) is 19.3. The van der Waals surface area contributed by atoms with E-state index in [1.165, 1.54) is 17.7 Å². The number of hydrogen-bond acceptors (Lipinski definition) is 3. The lowest BCUT2D eigenvalue weighted by atomic mass is 9.90. The first-order chi connectivity index (χ1) is 13.2. The van der Waals surface area contributed by atoms with Crippen molar-refractivity contribution in [3.8, 4) is 0 Å². The van der Waals surface area contributed by atoms with E-state index in [4.69, 9.17) is 0 Å². The Hall–Kier alpha value is -0.960. The number of guanidine groups is 1. The zero-order valence-corrected chi connectivity index (χ0v) is 20.3. The second-order valence-electron chi connectivity index (χ2n) is 7.07. The molecule has 2 N–H and O–H groups in total. The minimum atomic E-state index is 0. The van der Waals surface area contributed by atoms with Crippen LogP contribution in [0.5, 0.6) is 0 Å². The number of nitrogens with one attached hydrogen (secondary N) is 2. The van der Waals surface area contributed by atoms with Gasteiger partial charge in [0.25, 0.3) is 0 Å². The molecular formula is C21H35IN4OS. The third kappa shape index (κ3) is 9.49. The lowest BCUT2D eigenvalue weighted by Crippen LogP contribution is -2.47. The molecule has 1 aliphatic heterocycles. The maximum absolute atomic E-state index is 12.5. The van der Waals surface area contributed by atoms with Crippen LogP contribution < -0.4 is 10.6 Å². The Balaban J connectivity index is 0.00000392. The van der Waals surface area contributed by atoms with Gasteiger partial charge < -0.3 is 15.5 Å². The Labute approximate surface area is 191 Å². The van der Waals surface area contributed by atoms with E-state index in [0.29, 0.717) is 18.4 Å². The van der Waals surface area contributed by atoms with Crippen molar-refractivity contribution in [2.75, 3.05) is 45.2 Å². The number of carbonyl (C=O) groups is 1. The van der Waals surface area contributed by atoms with Gasteiger partial charge in [-0.25, -0.2) is 0 Å². The number of piperidine rings is 1. The largest absolute Gasteiger partial charge is 0.356 e. The highest BCUT2D eigenvalue weighted by Crippen LogP contribution is 2.21. The first-order valence-corrected chi connectivity index (χ1v) is 11.4. The van der Waals surface area contributed by atoms with Gasteiger partial charge in [-0.1, -0.05) is 30.3 Å². The van der Waals surface area contributed by atoms with Crippen LogP contribution >= 0.6 is 35.7 Å². The predicted octanol–water partition coefficient (Wildman–Crippen LogP) is 3.39. The number of nitrogens with zero attached hydrogens (tertiary/aromatic N) is 2. The summed E-state index contributed by atoms with van der Waals surface area (Å²) < 4.78 is 0. The molecule has 0 atom stereocenters. The van der Waals surface area contributed by atoms with Crippen LogP contribution in [-0.4, -0.2) is 62.0 Å². The van der Waals surface area contributed by atoms with Crippen molar-refractivity contribution in [3.63, 3.8) is 0 Å². The standard InChI is InChI=1S/C21H34N4OS.HI/c1-22-21(23-12-6-7-15-27-2)24-17-20(26)25-13-10-19(11-14-25)16-18-8-4-3-5-9-18;/h3-5,8-9,19H,6-7,10-17H2,1-2H3,(H2,22,23,24);1H. The molecule has 1 aromatic rings. The van der Waals surface area contributed by atoms with Crippen molar-refractivity contribution in [2.24, 2.45) is 10.9 Å². The number of likely N-dealkylation sites (tertiary alicyclic amines) is 1. The van der Waals surface area contributed by atoms with Crippen molar-refractivity contribution < 1.29 is 4.79 Å². The van der Waals surface area contributed by atoms with Crippen molar-refractivity contribution in [1.82, 2.24) is 15.5 Å². The minimum Gasteiger partial charge on any atom is -0.356 e. The summed E-state index contributed by atoms with van der Waals surface area (Å²) >= 11 is 1.87. The van der Waals surface area contributed by atoms with Gasteiger partial charge in [0.1, 0.15) is 0 Å². The fourth-order valence-corrected chi connectivity index (χ4v) is 3.90. The van der Waals surface area contributed by atoms with Gasteiger partial charge in [-0.05, 0) is 55.6 Å². The first-order valence-electron chi connectivity index (χ1n) is 9.98. The van der Waals surface area contributed by atoms with Crippen molar-refractivity contribution in [2.45, 2.75) is 32.1 Å². The van der Waals surface area contributed by atoms with Crippen LogP contribution in [-0.2, 0) is 11.2 Å². The number of thioether (sulfide) groups is 1. The summed E-state index contributed by atoms with van der Waals surface area (Å²) in [6.45, 7) is 2.92. The number of benzene rings is 1. The molecule has 7 heteroatoms. The number of halogens is 1. The SMILES string of the molecule is CN=C(NCCCCSC)NCC(=O)N1CCC(Cc2ccccc2)CC1.I. The molecule has 0 saturated carbocycles. The fraction of sp³-hybridized carbons (Fsp3) is 0.619. The second-order valence-corrected chi connectivity index (χ2v) is 8.05. The predicted molar refractivity (Wildman–Crippen MR) is 132 cm³/mol. The van der Waals surface area contributed by atoms with E-state index >= 15 is 0 Å². The highest BCUT2D eigenvalue weighted by Gasteiger charge is 2.22. The molecule has 0 radical (unpaired) electrons. The molecule has 0 bridgehead atoms. The Morgan fingerprint density at radius 1 is 1.18 bits per heavy atom. The molecule has 28 heavy (non-hydrogen) atoms. The molecular weight excluding hydrogens is 483 g/mol. The summed E-state index contributed by atoms with van der Waals surface area (Å²) in [6.07, 6.45) is 7.73. The van der Waals surface area contributed by atoms with Gasteiger partial charge in [0.2, 0.25) is 5.91 Å². The van der Waals surface area contributed by atoms with Crippen molar-refractivity contribution in [3.05, 3.63) is 35.9 Å². The molecule has 2 rings (SSSR count). The molecule has 0 spiro atoms. The van der Waals surface area contributed by atoms with Crippen LogP contribution in [0.4, 0.5) is 0 Å². The molecule has 1 fully saturated rings. The molecule has 0 aromatic heterocycles. The van der Waals surface area contributed by atoms with E-state index < -0.39 is 0 Å². The number of unbranched alkanes of at least 4 members (excludes halogenated alkanes) is 1. The quantitative estimate of drug-likeness (QED) is 0.228. The Morgan fingerprint density at radius 3 is 2.54 bits per heavy atom. The van der Waals surface area contributed by atoms with Crippen LogP contribution in [0.1, 0.15) is 31.2 Å². The average molecular weight is 519 g/mol. The molecule has 1 aliphatic rings. The maximum atomic E-state index is 12.5. The van der Waals surface area contributed by atoms with E-state index in [0.717, 1.165) is 45.3 Å². The number of aliphatic imine (C=N–C) groups is 1. The van der Waals surface area contributed by atoms with Crippen LogP contribution in [0, 0.1) is 5.92 Å². The van der Waals surface area contributed by atoms with Gasteiger partial charge in [0.05, 0.1) is 6.54 Å². The fourth-order valence-electron chi connectivity index (χ4n) is 3.40. The van der Waals surface area contributed by atoms with Gasteiger partial charge >= 0.3 is 0 Å². The zero-order valence-electron chi connectivity index (χ0n) is 17.2. The van der Waals surface area contributed by atoms with E-state index in [1.807, 2.05) is 16.7 Å². The van der Waals surface area contributed by atoms with Gasteiger partial charge in [-0.2, -0.15) is 11.8 Å². The molecule has 158 valence electrons. The number of hydrogen-bond donors (Lipinski definition) is 2. The van der Waals surface area contributed by atoms with Gasteiger partial charge in [-0.3, -0.25) is 9.79 Å². The summed E-state index contributed by atoms with van der Waals surface area (Å²) in [6, 6.07) is 10.7. The van der Waals surface area contributed by atoms with Crippen molar-refractivity contribution >= 4 is 47.6 Å². The average Bonchev–Trinajstić information content (AvgIpc) is 2.71. The molecule has 5 nitrogen and oxygen atoms in total. The third-order valence-electron chi connectivity index (χ3n) is 5.03. The molecule has 0 unspecified atom stereocenters. The maximum Gasteiger partial charge on any atom is 0.241 e. The highest BCUT2D eigenvalue weighted by atomic mass is 127. The van der Waals surface area contributed by atoms with Crippen LogP contribution in [0.15, 0.2) is 35.3 Å². The van der Waals surface area contributed by atoms with Crippen molar-refractivity contribution in [1.29, 1.82) is 0 Å². The summed E-state index contributed by atoms with van der Waals surface area (Å²) in [5.41, 5.74) is 1.40. The summed E-state index contributed by atoms with van der Waals surface area (Å²) in [5, 5.41) is 6.43. The van der Waals surface area contributed by atoms with Crippen LogP contribution in [0.25, 0.3) is 0 Å². The molecule has 1 saturated heterocycles. The number of amides is 1. The minimum absolute atomic E-state index is 0. The summed E-state index contributed by atoms with van der Waals surface area (Å²) in [5.74, 6) is 2.75. The van der Waals surface area contributed by atoms with E-state index in [-0.39, 0.29) is 29.9 Å². The third-order valence-corrected chi connectivity index (χ3v) is 5.73. The monoisotopic (exact) mass is 518 g/mol. The van der Waals surface area contributed by atoms with Crippen LogP contribution in [0.2, 0.25) is 0 Å². The lowest BCUT2D eigenvalue weighted by molar-refractivity contribution is -0.131. The van der Waals surface area contributed by atoms with E-state index in [2.05, 4.69) is 52.2 Å². The molecule has 1 heterocycles. The normalized spacial score (nSPS) is 15.1. The molecule has 1 amide bonds. The highest BCUT2D eigenvalue weighted by molar-refractivity contribution is 14.0. The van der Waals surface area contributed by atoms with E-state index in [9.17, 15) is 4.79 Å². The number of carbonyl (C=O) groups excluding carboxylic acids is 1. The summed E-state index contributed by atoms with van der Waals surface area (Å²) in [4.78, 5) is 18.7. The van der Waals surface area contributed by atoms with Crippen LogP contribution in [0.3, 0.4) is 0 Å². The van der Waals surface area contributed by atoms with E-state index in [1.54, 1.807) is 7.05 Å². The first kappa shape index (κ1) is 25.1. The topological polar surface area (TPSA) is 56.7 Å². The number of rotatable bonds is 9. The second kappa shape index (κ2) is 15.0. The van der Waals surface area contributed by atoms with Gasteiger partial charge in [0, 0.05) is 26.7 Å². The lowest BCUT2D eigenvalue weighted by Gasteiger charge is -2.32. The molecule has 1 aromatic carbocycles. The Kier molecular flexibility index (Phi) is 13.4. The Morgan fingerprint density at radius 2 is 1.89 bits per heavy atom. The summed E-state index contributed by atoms with van der Waals surface area (Å²) in [7, 11) is 1.75. The smallest absolute Gasteiger partial charge is 0.241 e. The Bertz CT molecular complexity index is 577. The van der Waals surface area contributed by atoms with Gasteiger partial charge in [-0.15, -0.1) is 24.0 Å². The molecule has 0 aliphatic carbocycles. The van der Waals surface area contributed by atoms with Gasteiger partial charge in [0.15, 0.2) is 5.96 Å².